The first-order valence-corrected chi connectivity index (χ1v) is 8.48. The van der Waals surface area contributed by atoms with Gasteiger partial charge in [0.2, 0.25) is 0 Å². The summed E-state index contributed by atoms with van der Waals surface area (Å²) in [5.74, 6) is 1.45. The highest BCUT2D eigenvalue weighted by Gasteiger charge is 2.22. The van der Waals surface area contributed by atoms with Crippen molar-refractivity contribution in [2.45, 2.75) is 26.3 Å². The summed E-state index contributed by atoms with van der Waals surface area (Å²) in [6.07, 6.45) is 2.95. The Morgan fingerprint density at radius 2 is 2.20 bits per heavy atom. The Labute approximate surface area is 130 Å². The molecule has 1 amide bonds. The molecular weight excluding hydrogens is 294 g/mol. The zero-order chi connectivity index (χ0) is 15.1. The lowest BCUT2D eigenvalue weighted by Gasteiger charge is -2.26. The van der Waals surface area contributed by atoms with E-state index in [2.05, 4.69) is 17.2 Å². The van der Waals surface area contributed by atoms with Crippen LogP contribution in [0.1, 0.15) is 30.8 Å². The first kappa shape index (κ1) is 17.1. The monoisotopic (exact) mass is 315 g/mol. The van der Waals surface area contributed by atoms with Gasteiger partial charge >= 0.3 is 0 Å². The fraction of sp³-hybridized carbons (Fsp3) is 0.571. The van der Waals surface area contributed by atoms with E-state index < -0.39 is 0 Å². The summed E-state index contributed by atoms with van der Waals surface area (Å²) in [4.78, 5) is 18.6. The number of aromatic nitrogens is 1. The van der Waals surface area contributed by atoms with E-state index in [0.717, 1.165) is 18.7 Å². The molecule has 1 N–H and O–H groups in total. The van der Waals surface area contributed by atoms with Gasteiger partial charge in [-0.1, -0.05) is 18.5 Å². The first-order valence-electron chi connectivity index (χ1n) is 6.71. The van der Waals surface area contributed by atoms with Gasteiger partial charge in [0.05, 0.1) is 5.02 Å². The van der Waals surface area contributed by atoms with Gasteiger partial charge in [0.1, 0.15) is 11.5 Å². The first-order chi connectivity index (χ1) is 9.54. The number of anilines is 1. The van der Waals surface area contributed by atoms with Crippen LogP contribution in [-0.2, 0) is 0 Å². The second-order valence-corrected chi connectivity index (χ2v) is 5.81. The number of nitrogens with one attached hydrogen (secondary N) is 1. The van der Waals surface area contributed by atoms with Gasteiger partial charge in [0.15, 0.2) is 0 Å². The molecule has 0 saturated heterocycles. The van der Waals surface area contributed by atoms with Crippen molar-refractivity contribution < 1.29 is 4.79 Å². The number of hydrogen-bond acceptors (Lipinski definition) is 4. The van der Waals surface area contributed by atoms with Gasteiger partial charge in [-0.3, -0.25) is 4.79 Å². The minimum Gasteiger partial charge on any atom is -0.370 e. The number of rotatable bonds is 7. The molecule has 0 fully saturated rings. The van der Waals surface area contributed by atoms with E-state index in [4.69, 9.17) is 11.6 Å². The SMILES string of the molecule is CCNc1ccc(Cl)c(C(=O)N(C)C(CC)CSC)n1. The summed E-state index contributed by atoms with van der Waals surface area (Å²) in [5.41, 5.74) is 0.312. The lowest BCUT2D eigenvalue weighted by molar-refractivity contribution is 0.0738. The van der Waals surface area contributed by atoms with Gasteiger partial charge in [-0.2, -0.15) is 11.8 Å². The Balaban J connectivity index is 2.97. The summed E-state index contributed by atoms with van der Waals surface area (Å²) in [7, 11) is 1.81. The molecule has 1 atom stereocenters. The van der Waals surface area contributed by atoms with Gasteiger partial charge in [-0.25, -0.2) is 4.98 Å². The molecule has 0 aliphatic rings. The molecule has 4 nitrogen and oxygen atoms in total. The lowest BCUT2D eigenvalue weighted by atomic mass is 10.2. The van der Waals surface area contributed by atoms with Crippen molar-refractivity contribution in [1.29, 1.82) is 0 Å². The molecule has 0 saturated carbocycles. The summed E-state index contributed by atoms with van der Waals surface area (Å²) >= 11 is 7.85. The molecule has 1 aromatic heterocycles. The predicted octanol–water partition coefficient (Wildman–Crippen LogP) is 3.38. The molecule has 1 unspecified atom stereocenters. The number of pyridine rings is 1. The number of hydrogen-bond donors (Lipinski definition) is 1. The molecule has 6 heteroatoms. The Morgan fingerprint density at radius 3 is 2.75 bits per heavy atom. The summed E-state index contributed by atoms with van der Waals surface area (Å²) in [5, 5.41) is 3.48. The van der Waals surface area contributed by atoms with Gasteiger partial charge in [-0.15, -0.1) is 0 Å². The van der Waals surface area contributed by atoms with E-state index in [1.807, 2.05) is 20.2 Å². The highest BCUT2D eigenvalue weighted by molar-refractivity contribution is 7.98. The third kappa shape index (κ3) is 4.28. The average molecular weight is 316 g/mol. The van der Waals surface area contributed by atoms with Gasteiger partial charge in [-0.05, 0) is 31.7 Å². The van der Waals surface area contributed by atoms with Crippen LogP contribution in [0.5, 0.6) is 0 Å². The number of carbonyl (C=O) groups excluding carboxylic acids is 1. The number of amides is 1. The molecule has 1 aromatic rings. The van der Waals surface area contributed by atoms with Crippen molar-refractivity contribution in [2.24, 2.45) is 0 Å². The maximum Gasteiger partial charge on any atom is 0.274 e. The van der Waals surface area contributed by atoms with Crippen LogP contribution in [0.4, 0.5) is 5.82 Å². The third-order valence-corrected chi connectivity index (χ3v) is 4.13. The standard InChI is InChI=1S/C14H22ClN3OS/c1-5-10(9-20-4)18(3)14(19)13-11(15)7-8-12(17-13)16-6-2/h7-8,10H,5-6,9H2,1-4H3,(H,16,17). The summed E-state index contributed by atoms with van der Waals surface area (Å²) in [6.45, 7) is 4.81. The molecule has 0 spiro atoms. The minimum atomic E-state index is -0.129. The molecule has 20 heavy (non-hydrogen) atoms. The highest BCUT2D eigenvalue weighted by atomic mass is 35.5. The van der Waals surface area contributed by atoms with E-state index in [-0.39, 0.29) is 11.9 Å². The molecule has 0 radical (unpaired) electrons. The fourth-order valence-electron chi connectivity index (χ4n) is 1.90. The van der Waals surface area contributed by atoms with Crippen LogP contribution < -0.4 is 5.32 Å². The van der Waals surface area contributed by atoms with Gasteiger partial charge < -0.3 is 10.2 Å². The van der Waals surface area contributed by atoms with Crippen molar-refractivity contribution in [3.63, 3.8) is 0 Å². The van der Waals surface area contributed by atoms with E-state index in [9.17, 15) is 4.79 Å². The average Bonchev–Trinajstić information content (AvgIpc) is 2.45. The molecule has 1 rings (SSSR count). The number of thioether (sulfide) groups is 1. The lowest BCUT2D eigenvalue weighted by Crippen LogP contribution is -2.38. The Hall–Kier alpha value is -0.940. The second-order valence-electron chi connectivity index (χ2n) is 4.49. The smallest absolute Gasteiger partial charge is 0.274 e. The normalized spacial score (nSPS) is 12.1. The Morgan fingerprint density at radius 1 is 1.50 bits per heavy atom. The molecule has 1 heterocycles. The van der Waals surface area contributed by atoms with E-state index in [1.165, 1.54) is 0 Å². The van der Waals surface area contributed by atoms with Crippen molar-refractivity contribution in [2.75, 3.05) is 30.9 Å². The maximum atomic E-state index is 12.5. The van der Waals surface area contributed by atoms with E-state index in [1.54, 1.807) is 28.8 Å². The van der Waals surface area contributed by atoms with Crippen molar-refractivity contribution in [1.82, 2.24) is 9.88 Å². The quantitative estimate of drug-likeness (QED) is 0.838. The summed E-state index contributed by atoms with van der Waals surface area (Å²) < 4.78 is 0. The van der Waals surface area contributed by atoms with Crippen LogP contribution in [-0.4, -0.2) is 47.4 Å². The second kappa shape index (κ2) is 8.37. The van der Waals surface area contributed by atoms with Crippen molar-refractivity contribution in [3.8, 4) is 0 Å². The van der Waals surface area contributed by atoms with Crippen molar-refractivity contribution >= 4 is 35.1 Å². The Kier molecular flexibility index (Phi) is 7.16. The van der Waals surface area contributed by atoms with Crippen LogP contribution in [0.15, 0.2) is 12.1 Å². The van der Waals surface area contributed by atoms with Crippen LogP contribution in [0, 0.1) is 0 Å². The number of carbonyl (C=O) groups is 1. The van der Waals surface area contributed by atoms with Crippen LogP contribution in [0.25, 0.3) is 0 Å². The van der Waals surface area contributed by atoms with E-state index >= 15 is 0 Å². The van der Waals surface area contributed by atoms with Gasteiger partial charge in [0, 0.05) is 25.4 Å². The number of nitrogens with zero attached hydrogens (tertiary/aromatic N) is 2. The Bertz CT molecular complexity index is 456. The van der Waals surface area contributed by atoms with Crippen LogP contribution in [0.2, 0.25) is 5.02 Å². The van der Waals surface area contributed by atoms with Gasteiger partial charge in [0.25, 0.3) is 5.91 Å². The van der Waals surface area contributed by atoms with Crippen molar-refractivity contribution in [3.05, 3.63) is 22.8 Å². The molecule has 0 aliphatic carbocycles. The predicted molar refractivity (Wildman–Crippen MR) is 88.0 cm³/mol. The zero-order valence-corrected chi connectivity index (χ0v) is 14.0. The summed E-state index contributed by atoms with van der Waals surface area (Å²) in [6, 6.07) is 3.68. The zero-order valence-electron chi connectivity index (χ0n) is 12.4. The largest absolute Gasteiger partial charge is 0.370 e. The molecule has 112 valence electrons. The molecular formula is C14H22ClN3OS. The third-order valence-electron chi connectivity index (χ3n) is 3.10. The molecule has 0 aliphatic heterocycles. The molecule has 0 bridgehead atoms. The molecule has 0 aromatic carbocycles. The fourth-order valence-corrected chi connectivity index (χ4v) is 2.93. The maximum absolute atomic E-state index is 12.5. The highest BCUT2D eigenvalue weighted by Crippen LogP contribution is 2.20. The number of halogens is 1. The minimum absolute atomic E-state index is 0.129. The topological polar surface area (TPSA) is 45.2 Å². The van der Waals surface area contributed by atoms with Crippen LogP contribution in [0.3, 0.4) is 0 Å². The van der Waals surface area contributed by atoms with E-state index in [0.29, 0.717) is 16.5 Å². The van der Waals surface area contributed by atoms with Crippen LogP contribution >= 0.6 is 23.4 Å².